The van der Waals surface area contributed by atoms with E-state index in [1.807, 2.05) is 31.2 Å². The van der Waals surface area contributed by atoms with Gasteiger partial charge >= 0.3 is 0 Å². The number of benzene rings is 1. The molecule has 0 spiro atoms. The van der Waals surface area contributed by atoms with E-state index in [0.717, 1.165) is 35.2 Å². The van der Waals surface area contributed by atoms with E-state index >= 15 is 0 Å². The van der Waals surface area contributed by atoms with Crippen molar-refractivity contribution >= 4 is 47.2 Å². The summed E-state index contributed by atoms with van der Waals surface area (Å²) in [4.78, 5) is 20.7. The zero-order valence-corrected chi connectivity index (χ0v) is 18.9. The van der Waals surface area contributed by atoms with Gasteiger partial charge in [-0.15, -0.1) is 35.3 Å². The molecule has 0 saturated heterocycles. The van der Waals surface area contributed by atoms with Crippen LogP contribution in [0.1, 0.15) is 21.1 Å². The van der Waals surface area contributed by atoms with E-state index < -0.39 is 5.91 Å². The van der Waals surface area contributed by atoms with Gasteiger partial charge in [0, 0.05) is 18.5 Å². The van der Waals surface area contributed by atoms with Crippen molar-refractivity contribution in [3.05, 3.63) is 45.4 Å². The van der Waals surface area contributed by atoms with Crippen molar-refractivity contribution in [1.29, 1.82) is 0 Å². The Kier molecular flexibility index (Phi) is 10.1. The second kappa shape index (κ2) is 11.8. The first-order valence-electron chi connectivity index (χ1n) is 8.35. The van der Waals surface area contributed by atoms with Crippen molar-refractivity contribution < 1.29 is 9.53 Å². The number of primary amides is 1. The number of nitrogens with zero attached hydrogens (tertiary/aromatic N) is 2. The molecule has 1 aromatic carbocycles. The van der Waals surface area contributed by atoms with Crippen molar-refractivity contribution in [1.82, 2.24) is 15.6 Å². The molecule has 0 radical (unpaired) electrons. The second-order valence-corrected chi connectivity index (χ2v) is 7.04. The monoisotopic (exact) mass is 503 g/mol. The lowest BCUT2D eigenvalue weighted by Crippen LogP contribution is -2.37. The normalized spacial score (nSPS) is 10.9. The molecule has 0 aliphatic carbocycles. The van der Waals surface area contributed by atoms with Crippen molar-refractivity contribution in [3.8, 4) is 5.75 Å². The predicted molar refractivity (Wildman–Crippen MR) is 120 cm³/mol. The molecule has 2 aromatic rings. The summed E-state index contributed by atoms with van der Waals surface area (Å²) < 4.78 is 5.24. The number of ether oxygens (including phenoxy) is 1. The number of aryl methyl sites for hydroxylation is 2. The number of aliphatic imine (C=N–C) groups is 1. The Balaban J connectivity index is 0.00000364. The summed E-state index contributed by atoms with van der Waals surface area (Å²) in [5, 5.41) is 7.61. The molecule has 0 atom stereocenters. The van der Waals surface area contributed by atoms with Crippen LogP contribution in [0, 0.1) is 13.8 Å². The topological polar surface area (TPSA) is 102 Å². The third-order valence-corrected chi connectivity index (χ3v) is 4.79. The largest absolute Gasteiger partial charge is 0.484 e. The van der Waals surface area contributed by atoms with Gasteiger partial charge < -0.3 is 21.1 Å². The highest BCUT2D eigenvalue weighted by Gasteiger charge is 2.05. The summed E-state index contributed by atoms with van der Waals surface area (Å²) in [6.45, 7) is 5.39. The maximum atomic E-state index is 10.7. The zero-order chi connectivity index (χ0) is 18.9. The Labute approximate surface area is 180 Å². The van der Waals surface area contributed by atoms with Gasteiger partial charge in [0.15, 0.2) is 12.6 Å². The van der Waals surface area contributed by atoms with Crippen molar-refractivity contribution in [3.63, 3.8) is 0 Å². The van der Waals surface area contributed by atoms with Gasteiger partial charge in [-0.1, -0.05) is 12.1 Å². The maximum absolute atomic E-state index is 10.7. The average Bonchev–Trinajstić information content (AvgIpc) is 2.95. The van der Waals surface area contributed by atoms with E-state index in [-0.39, 0.29) is 30.6 Å². The summed E-state index contributed by atoms with van der Waals surface area (Å²) in [6, 6.07) is 7.60. The van der Waals surface area contributed by atoms with Crippen LogP contribution in [0.15, 0.2) is 29.3 Å². The molecule has 0 aliphatic rings. The van der Waals surface area contributed by atoms with Crippen LogP contribution >= 0.6 is 35.3 Å². The third kappa shape index (κ3) is 8.12. The summed E-state index contributed by atoms with van der Waals surface area (Å²) in [7, 11) is 1.75. The fourth-order valence-electron chi connectivity index (χ4n) is 2.23. The quantitative estimate of drug-likeness (QED) is 0.291. The number of hydrogen-bond donors (Lipinski definition) is 3. The summed E-state index contributed by atoms with van der Waals surface area (Å²) in [5.74, 6) is 0.893. The molecule has 9 heteroatoms. The molecule has 0 unspecified atom stereocenters. The predicted octanol–water partition coefficient (Wildman–Crippen LogP) is 2.15. The summed E-state index contributed by atoms with van der Waals surface area (Å²) >= 11 is 1.70. The summed E-state index contributed by atoms with van der Waals surface area (Å²) in [6.07, 6.45) is 0.840. The van der Waals surface area contributed by atoms with E-state index in [2.05, 4.69) is 27.5 Å². The Morgan fingerprint density at radius 2 is 1.96 bits per heavy atom. The van der Waals surface area contributed by atoms with Crippen LogP contribution < -0.4 is 21.1 Å². The van der Waals surface area contributed by atoms with Gasteiger partial charge in [-0.05, 0) is 38.0 Å². The number of guanidine groups is 1. The van der Waals surface area contributed by atoms with Gasteiger partial charge in [0.2, 0.25) is 0 Å². The van der Waals surface area contributed by atoms with Crippen LogP contribution in [0.4, 0.5) is 0 Å². The molecule has 1 heterocycles. The number of halogens is 1. The highest BCUT2D eigenvalue weighted by molar-refractivity contribution is 14.0. The van der Waals surface area contributed by atoms with Gasteiger partial charge in [-0.25, -0.2) is 4.98 Å². The molecule has 0 saturated carbocycles. The smallest absolute Gasteiger partial charge is 0.255 e. The zero-order valence-electron chi connectivity index (χ0n) is 15.7. The molecule has 27 heavy (non-hydrogen) atoms. The van der Waals surface area contributed by atoms with Gasteiger partial charge in [-0.2, -0.15) is 0 Å². The number of nitrogens with one attached hydrogen (secondary N) is 2. The van der Waals surface area contributed by atoms with E-state index in [0.29, 0.717) is 12.3 Å². The minimum atomic E-state index is -0.486. The fourth-order valence-corrected chi connectivity index (χ4v) is 3.10. The maximum Gasteiger partial charge on any atom is 0.255 e. The third-order valence-electron chi connectivity index (χ3n) is 3.71. The number of carbonyl (C=O) groups excluding carboxylic acids is 1. The van der Waals surface area contributed by atoms with Gasteiger partial charge in [0.25, 0.3) is 5.91 Å². The highest BCUT2D eigenvalue weighted by Crippen LogP contribution is 2.16. The van der Waals surface area contributed by atoms with Crippen LogP contribution in [0.3, 0.4) is 0 Å². The first-order valence-corrected chi connectivity index (χ1v) is 9.17. The Morgan fingerprint density at radius 1 is 1.26 bits per heavy atom. The van der Waals surface area contributed by atoms with Crippen molar-refractivity contribution in [2.75, 3.05) is 20.2 Å². The van der Waals surface area contributed by atoms with E-state index in [4.69, 9.17) is 10.5 Å². The number of thiazole rings is 1. The van der Waals surface area contributed by atoms with Gasteiger partial charge in [-0.3, -0.25) is 9.79 Å². The average molecular weight is 503 g/mol. The lowest BCUT2D eigenvalue weighted by Gasteiger charge is -2.11. The van der Waals surface area contributed by atoms with Gasteiger partial charge in [0.05, 0.1) is 12.2 Å². The van der Waals surface area contributed by atoms with Gasteiger partial charge in [0.1, 0.15) is 10.8 Å². The Bertz CT molecular complexity index is 742. The molecule has 0 aliphatic heterocycles. The number of amides is 1. The number of hydrogen-bond acceptors (Lipinski definition) is 5. The SMILES string of the molecule is CN=C(NCCc1ccc(OCC(N)=O)cc1)NCc1nc(C)c(C)s1.I. The standard InChI is InChI=1S/C18H25N5O2S.HI/c1-12-13(2)26-17(23-12)10-22-18(20-3)21-9-8-14-4-6-15(7-5-14)25-11-16(19)24;/h4-7H,8-11H2,1-3H3,(H2,19,24)(H2,20,21,22);1H. The van der Waals surface area contributed by atoms with E-state index in [1.165, 1.54) is 4.88 Å². The first kappa shape index (κ1) is 23.2. The molecule has 148 valence electrons. The molecule has 4 N–H and O–H groups in total. The first-order chi connectivity index (χ1) is 12.5. The van der Waals surface area contributed by atoms with Crippen LogP contribution in [0.2, 0.25) is 0 Å². The molecule has 2 rings (SSSR count). The molecule has 0 fully saturated rings. The summed E-state index contributed by atoms with van der Waals surface area (Å²) in [5.41, 5.74) is 7.29. The van der Waals surface area contributed by atoms with Crippen LogP contribution in [0.25, 0.3) is 0 Å². The van der Waals surface area contributed by atoms with Crippen LogP contribution in [0.5, 0.6) is 5.75 Å². The second-order valence-electron chi connectivity index (χ2n) is 5.75. The van der Waals surface area contributed by atoms with Crippen LogP contribution in [-0.2, 0) is 17.8 Å². The highest BCUT2D eigenvalue weighted by atomic mass is 127. The molecular weight excluding hydrogens is 477 g/mol. The Morgan fingerprint density at radius 3 is 2.52 bits per heavy atom. The van der Waals surface area contributed by atoms with Crippen molar-refractivity contribution in [2.45, 2.75) is 26.8 Å². The number of aromatic nitrogens is 1. The lowest BCUT2D eigenvalue weighted by molar-refractivity contribution is -0.119. The van der Waals surface area contributed by atoms with E-state index in [1.54, 1.807) is 18.4 Å². The number of carbonyl (C=O) groups is 1. The fraction of sp³-hybridized carbons (Fsp3) is 0.389. The molecule has 7 nitrogen and oxygen atoms in total. The number of nitrogens with two attached hydrogens (primary N) is 1. The van der Waals surface area contributed by atoms with E-state index in [9.17, 15) is 4.79 Å². The van der Waals surface area contributed by atoms with Crippen molar-refractivity contribution in [2.24, 2.45) is 10.7 Å². The molecule has 0 bridgehead atoms. The lowest BCUT2D eigenvalue weighted by atomic mass is 10.1. The Hall–Kier alpha value is -1.88. The molecule has 1 amide bonds. The van der Waals surface area contributed by atoms with Crippen LogP contribution in [-0.4, -0.2) is 37.1 Å². The molecule has 1 aromatic heterocycles. The molecular formula is C18H26IN5O2S. The minimum absolute atomic E-state index is 0. The number of rotatable bonds is 8. The minimum Gasteiger partial charge on any atom is -0.484 e.